The molecule has 0 amide bonds. The van der Waals surface area contributed by atoms with Gasteiger partial charge in [0.05, 0.1) is 0 Å². The monoisotopic (exact) mass is 274 g/mol. The molecule has 0 aliphatic carbocycles. The van der Waals surface area contributed by atoms with E-state index < -0.39 is 0 Å². The van der Waals surface area contributed by atoms with Crippen LogP contribution in [0.2, 0.25) is 0 Å². The number of phenols is 1. The summed E-state index contributed by atoms with van der Waals surface area (Å²) in [6, 6.07) is 26.5. The minimum Gasteiger partial charge on any atom is -0.508 e. The molecule has 1 N–H and O–H groups in total. The highest BCUT2D eigenvalue weighted by atomic mass is 16.3. The van der Waals surface area contributed by atoms with E-state index in [0.717, 1.165) is 11.1 Å². The van der Waals surface area contributed by atoms with Gasteiger partial charge in [0.2, 0.25) is 0 Å². The zero-order valence-corrected chi connectivity index (χ0v) is 12.0. The lowest BCUT2D eigenvalue weighted by atomic mass is 9.84. The van der Waals surface area contributed by atoms with Crippen LogP contribution in [0.3, 0.4) is 0 Å². The van der Waals surface area contributed by atoms with Crippen LogP contribution in [-0.4, -0.2) is 5.11 Å². The molecule has 3 rings (SSSR count). The topological polar surface area (TPSA) is 20.2 Å². The molecule has 0 atom stereocenters. The maximum Gasteiger partial charge on any atom is 0.119 e. The number of aromatic hydroxyl groups is 1. The number of aryl methyl sites for hydroxylation is 1. The molecule has 1 heteroatoms. The molecule has 0 saturated heterocycles. The van der Waals surface area contributed by atoms with Crippen LogP contribution in [0.15, 0.2) is 78.9 Å². The van der Waals surface area contributed by atoms with Gasteiger partial charge in [0, 0.05) is 11.5 Å². The van der Waals surface area contributed by atoms with Crippen LogP contribution in [-0.2, 0) is 0 Å². The molecule has 0 unspecified atom stereocenters. The third kappa shape index (κ3) is 2.82. The lowest BCUT2D eigenvalue weighted by molar-refractivity contribution is 0.466. The lowest BCUT2D eigenvalue weighted by Gasteiger charge is -2.20. The number of rotatable bonds is 3. The molecule has 1 nitrogen and oxygen atoms in total. The van der Waals surface area contributed by atoms with Crippen molar-refractivity contribution in [3.63, 3.8) is 0 Å². The van der Waals surface area contributed by atoms with Crippen molar-refractivity contribution in [2.45, 2.75) is 12.8 Å². The molecule has 0 aliphatic heterocycles. The first-order valence-electron chi connectivity index (χ1n) is 7.15. The first-order valence-corrected chi connectivity index (χ1v) is 7.15. The summed E-state index contributed by atoms with van der Waals surface area (Å²) in [7, 11) is 0. The Labute approximate surface area is 125 Å². The predicted octanol–water partition coefficient (Wildman–Crippen LogP) is 4.88. The first-order chi connectivity index (χ1) is 10.3. The van der Waals surface area contributed by atoms with Crippen molar-refractivity contribution in [1.29, 1.82) is 0 Å². The van der Waals surface area contributed by atoms with Gasteiger partial charge in [-0.25, -0.2) is 0 Å². The molecule has 0 fully saturated rings. The van der Waals surface area contributed by atoms with Crippen molar-refractivity contribution < 1.29 is 5.11 Å². The van der Waals surface area contributed by atoms with Gasteiger partial charge in [-0.15, -0.1) is 0 Å². The largest absolute Gasteiger partial charge is 0.508 e. The number of phenolic OH excluding ortho intramolecular Hbond substituents is 1. The number of benzene rings is 3. The van der Waals surface area contributed by atoms with Crippen molar-refractivity contribution in [3.05, 3.63) is 101 Å². The summed E-state index contributed by atoms with van der Waals surface area (Å²) in [6.07, 6.45) is 0. The summed E-state index contributed by atoms with van der Waals surface area (Å²) in [5.74, 6) is 0.403. The van der Waals surface area contributed by atoms with Crippen LogP contribution in [0, 0.1) is 6.92 Å². The molecule has 0 heterocycles. The second-order valence-corrected chi connectivity index (χ2v) is 5.32. The van der Waals surface area contributed by atoms with Crippen LogP contribution in [0.4, 0.5) is 0 Å². The summed E-state index contributed by atoms with van der Waals surface area (Å²) in [6.45, 7) is 1.99. The molecule has 0 spiro atoms. The standard InChI is InChI=1S/C20H18O/c1-15-12-13-18(19(21)14-15)20(16-8-4-2-5-9-16)17-10-6-3-7-11-17/h2-14,20-21H,1H3. The zero-order chi connectivity index (χ0) is 14.7. The quantitative estimate of drug-likeness (QED) is 0.675. The van der Waals surface area contributed by atoms with E-state index in [1.807, 2.05) is 61.5 Å². The molecular formula is C20H18O. The summed E-state index contributed by atoms with van der Waals surface area (Å²) in [5, 5.41) is 10.4. The van der Waals surface area contributed by atoms with Gasteiger partial charge in [-0.1, -0.05) is 72.8 Å². The molecule has 0 aliphatic rings. The Hall–Kier alpha value is -2.54. The smallest absolute Gasteiger partial charge is 0.119 e. The average molecular weight is 274 g/mol. The van der Waals surface area contributed by atoms with Crippen LogP contribution in [0.1, 0.15) is 28.2 Å². The Morgan fingerprint density at radius 1 is 0.714 bits per heavy atom. The Kier molecular flexibility index (Phi) is 3.74. The summed E-state index contributed by atoms with van der Waals surface area (Å²) in [5.41, 5.74) is 4.37. The SMILES string of the molecule is Cc1ccc(C(c2ccccc2)c2ccccc2)c(O)c1. The highest BCUT2D eigenvalue weighted by Gasteiger charge is 2.19. The van der Waals surface area contributed by atoms with Crippen molar-refractivity contribution in [3.8, 4) is 5.75 Å². The minimum atomic E-state index is 0.0491. The fraction of sp³-hybridized carbons (Fsp3) is 0.100. The summed E-state index contributed by atoms with van der Waals surface area (Å²) in [4.78, 5) is 0. The normalized spacial score (nSPS) is 10.8. The van der Waals surface area contributed by atoms with Gasteiger partial charge in [0.15, 0.2) is 0 Å². The Balaban J connectivity index is 2.17. The maximum atomic E-state index is 10.4. The van der Waals surface area contributed by atoms with Gasteiger partial charge in [-0.3, -0.25) is 0 Å². The van der Waals surface area contributed by atoms with Crippen molar-refractivity contribution in [2.75, 3.05) is 0 Å². The van der Waals surface area contributed by atoms with E-state index in [-0.39, 0.29) is 5.92 Å². The van der Waals surface area contributed by atoms with Gasteiger partial charge in [0.25, 0.3) is 0 Å². The van der Waals surface area contributed by atoms with Crippen LogP contribution < -0.4 is 0 Å². The summed E-state index contributed by atoms with van der Waals surface area (Å²) >= 11 is 0. The van der Waals surface area contributed by atoms with Crippen LogP contribution in [0.5, 0.6) is 5.75 Å². The van der Waals surface area contributed by atoms with E-state index in [1.165, 1.54) is 11.1 Å². The summed E-state index contributed by atoms with van der Waals surface area (Å²) < 4.78 is 0. The highest BCUT2D eigenvalue weighted by molar-refractivity contribution is 5.49. The van der Waals surface area contributed by atoms with Crippen molar-refractivity contribution in [2.24, 2.45) is 0 Å². The van der Waals surface area contributed by atoms with Crippen LogP contribution >= 0.6 is 0 Å². The number of hydrogen-bond acceptors (Lipinski definition) is 1. The van der Waals surface area contributed by atoms with E-state index in [4.69, 9.17) is 0 Å². The van der Waals surface area contributed by atoms with Gasteiger partial charge in [0.1, 0.15) is 5.75 Å². The third-order valence-electron chi connectivity index (χ3n) is 3.76. The predicted molar refractivity (Wildman–Crippen MR) is 86.7 cm³/mol. The van der Waals surface area contributed by atoms with E-state index in [1.54, 1.807) is 0 Å². The number of hydrogen-bond donors (Lipinski definition) is 1. The van der Waals surface area contributed by atoms with Gasteiger partial charge in [-0.05, 0) is 29.7 Å². The lowest BCUT2D eigenvalue weighted by Crippen LogP contribution is -2.03. The average Bonchev–Trinajstić information content (AvgIpc) is 2.52. The van der Waals surface area contributed by atoms with Crippen molar-refractivity contribution in [1.82, 2.24) is 0 Å². The van der Waals surface area contributed by atoms with E-state index in [9.17, 15) is 5.11 Å². The first kappa shape index (κ1) is 13.4. The fourth-order valence-corrected chi connectivity index (χ4v) is 2.74. The maximum absolute atomic E-state index is 10.4. The Morgan fingerprint density at radius 2 is 1.24 bits per heavy atom. The van der Waals surface area contributed by atoms with E-state index in [0.29, 0.717) is 5.75 Å². The third-order valence-corrected chi connectivity index (χ3v) is 3.76. The minimum absolute atomic E-state index is 0.0491. The molecule has 0 saturated carbocycles. The molecule has 21 heavy (non-hydrogen) atoms. The zero-order valence-electron chi connectivity index (χ0n) is 12.0. The molecular weight excluding hydrogens is 256 g/mol. The van der Waals surface area contributed by atoms with E-state index in [2.05, 4.69) is 24.3 Å². The van der Waals surface area contributed by atoms with Crippen LogP contribution in [0.25, 0.3) is 0 Å². The Bertz CT molecular complexity index is 678. The van der Waals surface area contributed by atoms with Gasteiger partial charge >= 0.3 is 0 Å². The second kappa shape index (κ2) is 5.84. The molecule has 3 aromatic carbocycles. The molecule has 0 bridgehead atoms. The van der Waals surface area contributed by atoms with E-state index >= 15 is 0 Å². The Morgan fingerprint density at radius 3 is 1.71 bits per heavy atom. The van der Waals surface area contributed by atoms with Crippen molar-refractivity contribution >= 4 is 0 Å². The molecule has 104 valence electrons. The second-order valence-electron chi connectivity index (χ2n) is 5.32. The highest BCUT2D eigenvalue weighted by Crippen LogP contribution is 2.36. The molecule has 0 aromatic heterocycles. The molecule has 0 radical (unpaired) electrons. The van der Waals surface area contributed by atoms with Gasteiger partial charge in [-0.2, -0.15) is 0 Å². The molecule has 3 aromatic rings. The fourth-order valence-electron chi connectivity index (χ4n) is 2.74. The van der Waals surface area contributed by atoms with Gasteiger partial charge < -0.3 is 5.11 Å².